The molecule has 1 atom stereocenters. The first kappa shape index (κ1) is 21.7. The molecular formula is C26H28N2O4. The smallest absolute Gasteiger partial charge is 0.294 e. The van der Waals surface area contributed by atoms with Crippen LogP contribution in [0, 0.1) is 6.92 Å². The molecule has 32 heavy (non-hydrogen) atoms. The Morgan fingerprint density at radius 3 is 2.53 bits per heavy atom. The predicted molar refractivity (Wildman–Crippen MR) is 123 cm³/mol. The number of rotatable bonds is 7. The molecule has 1 fully saturated rings. The molecule has 4 rings (SSSR count). The Kier molecular flexibility index (Phi) is 6.59. The van der Waals surface area contributed by atoms with Crippen LogP contribution in [0.15, 0.2) is 71.3 Å². The van der Waals surface area contributed by atoms with E-state index >= 15 is 0 Å². The van der Waals surface area contributed by atoms with E-state index in [1.807, 2.05) is 49.4 Å². The van der Waals surface area contributed by atoms with Crippen LogP contribution in [0.1, 0.15) is 53.4 Å². The lowest BCUT2D eigenvalue weighted by Gasteiger charge is -2.32. The summed E-state index contributed by atoms with van der Waals surface area (Å²) in [7, 11) is 1.58. The number of anilines is 1. The molecule has 166 valence electrons. The number of benzene rings is 2. The van der Waals surface area contributed by atoms with Crippen LogP contribution in [0.25, 0.3) is 0 Å². The number of aryl methyl sites for hydroxylation is 1. The van der Waals surface area contributed by atoms with Gasteiger partial charge in [-0.1, -0.05) is 37.1 Å². The minimum absolute atomic E-state index is 0.119. The average Bonchev–Trinajstić information content (AvgIpc) is 3.51. The van der Waals surface area contributed by atoms with Crippen molar-refractivity contribution < 1.29 is 18.7 Å². The summed E-state index contributed by atoms with van der Waals surface area (Å²) < 4.78 is 10.8. The number of carbonyl (C=O) groups is 2. The Bertz CT molecular complexity index is 1070. The Morgan fingerprint density at radius 2 is 1.84 bits per heavy atom. The summed E-state index contributed by atoms with van der Waals surface area (Å²) in [5, 5.41) is 3.18. The topological polar surface area (TPSA) is 71.8 Å². The molecule has 1 N–H and O–H groups in total. The van der Waals surface area contributed by atoms with E-state index < -0.39 is 6.04 Å². The van der Waals surface area contributed by atoms with E-state index in [1.165, 1.54) is 11.2 Å². The lowest BCUT2D eigenvalue weighted by molar-refractivity contribution is -0.123. The number of hydrogen-bond donors (Lipinski definition) is 1. The molecule has 3 aromatic rings. The number of amides is 2. The summed E-state index contributed by atoms with van der Waals surface area (Å²) in [4.78, 5) is 28.9. The average molecular weight is 433 g/mol. The SMILES string of the molecule is COc1cccc([C@@H](C(=O)NC2CCCC2)N(C(=O)c2ccco2)c2cccc(C)c2)c1. The second-order valence-electron chi connectivity index (χ2n) is 8.16. The van der Waals surface area contributed by atoms with Gasteiger partial charge in [0.2, 0.25) is 5.91 Å². The molecule has 0 bridgehead atoms. The van der Waals surface area contributed by atoms with Crippen molar-refractivity contribution in [3.05, 3.63) is 83.8 Å². The number of methoxy groups -OCH3 is 1. The molecule has 6 nitrogen and oxygen atoms in total. The highest BCUT2D eigenvalue weighted by Crippen LogP contribution is 2.32. The summed E-state index contributed by atoms with van der Waals surface area (Å²) in [5.41, 5.74) is 2.28. The summed E-state index contributed by atoms with van der Waals surface area (Å²) in [6.45, 7) is 1.96. The first-order valence-corrected chi connectivity index (χ1v) is 10.9. The highest BCUT2D eigenvalue weighted by atomic mass is 16.5. The quantitative estimate of drug-likeness (QED) is 0.568. The first-order valence-electron chi connectivity index (χ1n) is 10.9. The molecule has 0 unspecified atom stereocenters. The number of ether oxygens (including phenoxy) is 1. The zero-order valence-electron chi connectivity index (χ0n) is 18.4. The van der Waals surface area contributed by atoms with Gasteiger partial charge in [-0.3, -0.25) is 14.5 Å². The van der Waals surface area contributed by atoms with Gasteiger partial charge in [0.05, 0.1) is 13.4 Å². The predicted octanol–water partition coefficient (Wildman–Crippen LogP) is 5.04. The Morgan fingerprint density at radius 1 is 1.06 bits per heavy atom. The van der Waals surface area contributed by atoms with Crippen LogP contribution >= 0.6 is 0 Å². The zero-order chi connectivity index (χ0) is 22.5. The third-order valence-corrected chi connectivity index (χ3v) is 5.85. The molecule has 1 saturated carbocycles. The molecule has 6 heteroatoms. The van der Waals surface area contributed by atoms with Crippen LogP contribution in [0.5, 0.6) is 5.75 Å². The molecule has 1 aliphatic carbocycles. The Hall–Kier alpha value is -3.54. The zero-order valence-corrected chi connectivity index (χ0v) is 18.4. The highest BCUT2D eigenvalue weighted by molar-refractivity contribution is 6.08. The fourth-order valence-electron chi connectivity index (χ4n) is 4.26. The van der Waals surface area contributed by atoms with Crippen LogP contribution < -0.4 is 15.0 Å². The third-order valence-electron chi connectivity index (χ3n) is 5.85. The maximum atomic E-state index is 13.7. The molecule has 0 radical (unpaired) electrons. The second-order valence-corrected chi connectivity index (χ2v) is 8.16. The molecule has 0 aliphatic heterocycles. The van der Waals surface area contributed by atoms with Gasteiger partial charge in [0, 0.05) is 11.7 Å². The fraction of sp³-hybridized carbons (Fsp3) is 0.308. The molecule has 2 aromatic carbocycles. The van der Waals surface area contributed by atoms with Crippen LogP contribution in [0.3, 0.4) is 0 Å². The van der Waals surface area contributed by atoms with Crippen LogP contribution in [0.2, 0.25) is 0 Å². The van der Waals surface area contributed by atoms with E-state index in [0.717, 1.165) is 31.2 Å². The maximum Gasteiger partial charge on any atom is 0.294 e. The van der Waals surface area contributed by atoms with E-state index in [4.69, 9.17) is 9.15 Å². The lowest BCUT2D eigenvalue weighted by atomic mass is 10.0. The molecule has 0 spiro atoms. The number of nitrogens with one attached hydrogen (secondary N) is 1. The van der Waals surface area contributed by atoms with Gasteiger partial charge in [-0.15, -0.1) is 0 Å². The van der Waals surface area contributed by atoms with Crippen molar-refractivity contribution in [3.63, 3.8) is 0 Å². The van der Waals surface area contributed by atoms with E-state index in [0.29, 0.717) is 17.0 Å². The van der Waals surface area contributed by atoms with Gasteiger partial charge in [-0.05, 0) is 67.3 Å². The van der Waals surface area contributed by atoms with E-state index in [-0.39, 0.29) is 23.6 Å². The van der Waals surface area contributed by atoms with Gasteiger partial charge >= 0.3 is 0 Å². The maximum absolute atomic E-state index is 13.7. The van der Waals surface area contributed by atoms with Gasteiger partial charge in [-0.2, -0.15) is 0 Å². The summed E-state index contributed by atoms with van der Waals surface area (Å²) >= 11 is 0. The van der Waals surface area contributed by atoms with Gasteiger partial charge < -0.3 is 14.5 Å². The highest BCUT2D eigenvalue weighted by Gasteiger charge is 2.36. The molecular weight excluding hydrogens is 404 g/mol. The molecule has 0 saturated heterocycles. The summed E-state index contributed by atoms with van der Waals surface area (Å²) in [6, 6.07) is 17.4. The lowest BCUT2D eigenvalue weighted by Crippen LogP contribution is -2.46. The Balaban J connectivity index is 1.82. The standard InChI is InChI=1S/C26H28N2O4/c1-18-8-5-12-21(16-18)28(26(30)23-14-7-15-32-23)24(19-9-6-13-22(17-19)31-2)25(29)27-20-10-3-4-11-20/h5-9,12-17,20,24H,3-4,10-11H2,1-2H3,(H,27,29)/t24-/m0/s1. The van der Waals surface area contributed by atoms with Crippen LogP contribution in [-0.2, 0) is 4.79 Å². The molecule has 2 amide bonds. The van der Waals surface area contributed by atoms with Gasteiger partial charge in [0.1, 0.15) is 11.8 Å². The molecule has 1 aromatic heterocycles. The normalized spacial score (nSPS) is 14.7. The number of furan rings is 1. The van der Waals surface area contributed by atoms with E-state index in [9.17, 15) is 9.59 Å². The van der Waals surface area contributed by atoms with Gasteiger partial charge in [0.15, 0.2) is 5.76 Å². The monoisotopic (exact) mass is 432 g/mol. The van der Waals surface area contributed by atoms with Crippen LogP contribution in [0.4, 0.5) is 5.69 Å². The van der Waals surface area contributed by atoms with Crippen LogP contribution in [-0.4, -0.2) is 25.0 Å². The fourth-order valence-corrected chi connectivity index (χ4v) is 4.26. The van der Waals surface area contributed by atoms with Crippen molar-refractivity contribution in [3.8, 4) is 5.75 Å². The Labute approximate surface area is 188 Å². The first-order chi connectivity index (χ1) is 15.6. The minimum atomic E-state index is -0.884. The number of carbonyl (C=O) groups excluding carboxylic acids is 2. The summed E-state index contributed by atoms with van der Waals surface area (Å²) in [6.07, 6.45) is 5.56. The third kappa shape index (κ3) is 4.69. The minimum Gasteiger partial charge on any atom is -0.497 e. The van der Waals surface area contributed by atoms with Gasteiger partial charge in [0.25, 0.3) is 5.91 Å². The van der Waals surface area contributed by atoms with Gasteiger partial charge in [-0.25, -0.2) is 0 Å². The molecule has 1 aliphatic rings. The molecule has 1 heterocycles. The van der Waals surface area contributed by atoms with Crippen molar-refractivity contribution in [1.82, 2.24) is 5.32 Å². The van der Waals surface area contributed by atoms with Crippen molar-refractivity contribution in [2.24, 2.45) is 0 Å². The largest absolute Gasteiger partial charge is 0.497 e. The van der Waals surface area contributed by atoms with E-state index in [1.54, 1.807) is 25.3 Å². The number of hydrogen-bond acceptors (Lipinski definition) is 4. The summed E-state index contributed by atoms with van der Waals surface area (Å²) in [5.74, 6) is 0.199. The van der Waals surface area contributed by atoms with E-state index in [2.05, 4.69) is 5.32 Å². The van der Waals surface area contributed by atoms with Crippen molar-refractivity contribution in [2.45, 2.75) is 44.7 Å². The van der Waals surface area contributed by atoms with Crippen molar-refractivity contribution in [2.75, 3.05) is 12.0 Å². The number of nitrogens with zero attached hydrogens (tertiary/aromatic N) is 1. The second kappa shape index (κ2) is 9.73. The van der Waals surface area contributed by atoms with Crippen molar-refractivity contribution in [1.29, 1.82) is 0 Å². The van der Waals surface area contributed by atoms with Crippen molar-refractivity contribution >= 4 is 17.5 Å².